The highest BCUT2D eigenvalue weighted by Crippen LogP contribution is 2.33. The van der Waals surface area contributed by atoms with Crippen LogP contribution < -0.4 is 5.32 Å². The third kappa shape index (κ3) is 4.46. The summed E-state index contributed by atoms with van der Waals surface area (Å²) in [4.78, 5) is 22.3. The van der Waals surface area contributed by atoms with Crippen LogP contribution in [0.3, 0.4) is 0 Å². The summed E-state index contributed by atoms with van der Waals surface area (Å²) in [5, 5.41) is 22.9. The fraction of sp³-hybridized carbons (Fsp3) is 0.176. The van der Waals surface area contributed by atoms with Gasteiger partial charge in [0.1, 0.15) is 23.2 Å². The summed E-state index contributed by atoms with van der Waals surface area (Å²) in [6.45, 7) is 3.56. The zero-order chi connectivity index (χ0) is 18.6. The number of hydrogen-bond acceptors (Lipinski definition) is 5. The molecule has 1 heterocycles. The van der Waals surface area contributed by atoms with E-state index in [-0.39, 0.29) is 28.1 Å². The summed E-state index contributed by atoms with van der Waals surface area (Å²) in [5.74, 6) is 0.0402. The van der Waals surface area contributed by atoms with E-state index in [1.165, 1.54) is 24.3 Å². The van der Waals surface area contributed by atoms with E-state index in [1.807, 2.05) is 6.07 Å². The van der Waals surface area contributed by atoms with Crippen molar-refractivity contribution in [2.45, 2.75) is 19.9 Å². The minimum absolute atomic E-state index is 0.111. The molecule has 0 radical (unpaired) electrons. The molecule has 128 valence electrons. The molecular formula is C17H14ClN3O4. The number of halogens is 1. The van der Waals surface area contributed by atoms with Gasteiger partial charge in [-0.15, -0.1) is 0 Å². The molecule has 0 saturated heterocycles. The van der Waals surface area contributed by atoms with Gasteiger partial charge in [-0.05, 0) is 32.0 Å². The van der Waals surface area contributed by atoms with Crippen molar-refractivity contribution in [2.24, 2.45) is 0 Å². The van der Waals surface area contributed by atoms with Crippen LogP contribution >= 0.6 is 11.6 Å². The third-order valence-corrected chi connectivity index (χ3v) is 3.45. The second kappa shape index (κ2) is 7.64. The van der Waals surface area contributed by atoms with Crippen LogP contribution in [0.15, 0.2) is 40.3 Å². The Labute approximate surface area is 148 Å². The average Bonchev–Trinajstić information content (AvgIpc) is 3.00. The van der Waals surface area contributed by atoms with E-state index in [4.69, 9.17) is 21.3 Å². The normalized spacial score (nSPS) is 11.2. The lowest BCUT2D eigenvalue weighted by Crippen LogP contribution is -2.30. The van der Waals surface area contributed by atoms with Crippen molar-refractivity contribution in [1.82, 2.24) is 5.32 Å². The van der Waals surface area contributed by atoms with Gasteiger partial charge in [0.25, 0.3) is 11.6 Å². The number of non-ortho nitro benzene ring substituents is 1. The molecule has 0 aliphatic rings. The second-order valence-electron chi connectivity index (χ2n) is 5.42. The van der Waals surface area contributed by atoms with Gasteiger partial charge in [0, 0.05) is 29.8 Å². The van der Waals surface area contributed by atoms with Gasteiger partial charge in [0.2, 0.25) is 0 Å². The molecule has 0 bridgehead atoms. The van der Waals surface area contributed by atoms with E-state index in [0.29, 0.717) is 11.3 Å². The van der Waals surface area contributed by atoms with Gasteiger partial charge in [0.05, 0.1) is 9.95 Å². The molecule has 1 aromatic heterocycles. The number of nitro groups is 1. The second-order valence-corrected chi connectivity index (χ2v) is 5.83. The molecule has 0 fully saturated rings. The maximum absolute atomic E-state index is 11.9. The Balaban J connectivity index is 2.36. The lowest BCUT2D eigenvalue weighted by Gasteiger charge is -2.06. The lowest BCUT2D eigenvalue weighted by molar-refractivity contribution is -0.384. The van der Waals surface area contributed by atoms with Crippen molar-refractivity contribution in [2.75, 3.05) is 0 Å². The van der Waals surface area contributed by atoms with Crippen LogP contribution in [0.1, 0.15) is 19.6 Å². The largest absolute Gasteiger partial charge is 0.457 e. The predicted molar refractivity (Wildman–Crippen MR) is 92.7 cm³/mol. The van der Waals surface area contributed by atoms with Crippen molar-refractivity contribution >= 4 is 29.3 Å². The van der Waals surface area contributed by atoms with Crippen LogP contribution in [0.2, 0.25) is 5.02 Å². The Morgan fingerprint density at radius 2 is 2.12 bits per heavy atom. The standard InChI is InChI=1S/C17H14ClN3O4/c1-10(2)20-17(22)11(9-19)7-13-4-6-16(25-13)14-8-12(21(23)24)3-5-15(14)18/h3-8,10H,1-2H3,(H,20,22)/b11-7+. The third-order valence-electron chi connectivity index (χ3n) is 3.12. The Kier molecular flexibility index (Phi) is 5.57. The fourth-order valence-corrected chi connectivity index (χ4v) is 2.23. The summed E-state index contributed by atoms with van der Waals surface area (Å²) < 4.78 is 5.56. The zero-order valence-electron chi connectivity index (χ0n) is 13.4. The van der Waals surface area contributed by atoms with E-state index in [9.17, 15) is 14.9 Å². The molecule has 25 heavy (non-hydrogen) atoms. The molecule has 1 aromatic carbocycles. The average molecular weight is 360 g/mol. The zero-order valence-corrected chi connectivity index (χ0v) is 14.2. The first-order chi connectivity index (χ1) is 11.8. The summed E-state index contributed by atoms with van der Waals surface area (Å²) in [6, 6.07) is 8.81. The molecule has 1 amide bonds. The molecule has 7 nitrogen and oxygen atoms in total. The number of nitro benzene ring substituents is 1. The number of carbonyl (C=O) groups is 1. The Hall–Kier alpha value is -3.11. The van der Waals surface area contributed by atoms with E-state index >= 15 is 0 Å². The summed E-state index contributed by atoms with van der Waals surface area (Å²) in [5.41, 5.74) is 0.113. The Bertz CT molecular complexity index is 894. The van der Waals surface area contributed by atoms with Gasteiger partial charge in [-0.2, -0.15) is 5.26 Å². The SMILES string of the molecule is CC(C)NC(=O)/C(C#N)=C/c1ccc(-c2cc([N+](=O)[O-])ccc2Cl)o1. The summed E-state index contributed by atoms with van der Waals surface area (Å²) in [6.07, 6.45) is 1.30. The first-order valence-corrected chi connectivity index (χ1v) is 7.66. The molecule has 0 aliphatic carbocycles. The topological polar surface area (TPSA) is 109 Å². The minimum Gasteiger partial charge on any atom is -0.457 e. The number of benzene rings is 1. The van der Waals surface area contributed by atoms with Crippen molar-refractivity contribution in [1.29, 1.82) is 5.26 Å². The molecule has 2 rings (SSSR count). The molecule has 0 spiro atoms. The van der Waals surface area contributed by atoms with Crippen LogP contribution in [0, 0.1) is 21.4 Å². The van der Waals surface area contributed by atoms with Gasteiger partial charge < -0.3 is 9.73 Å². The molecule has 0 saturated carbocycles. The molecule has 2 aromatic rings. The smallest absolute Gasteiger partial charge is 0.270 e. The first kappa shape index (κ1) is 18.2. The van der Waals surface area contributed by atoms with E-state index in [2.05, 4.69) is 5.32 Å². The highest BCUT2D eigenvalue weighted by Gasteiger charge is 2.15. The minimum atomic E-state index is -0.534. The number of hydrogen-bond donors (Lipinski definition) is 1. The summed E-state index contributed by atoms with van der Waals surface area (Å²) >= 11 is 6.07. The van der Waals surface area contributed by atoms with Crippen LogP contribution in [-0.2, 0) is 4.79 Å². The lowest BCUT2D eigenvalue weighted by atomic mass is 10.1. The monoisotopic (exact) mass is 359 g/mol. The van der Waals surface area contributed by atoms with Crippen LogP contribution in [-0.4, -0.2) is 16.9 Å². The number of nitrogens with zero attached hydrogens (tertiary/aromatic N) is 2. The van der Waals surface area contributed by atoms with Gasteiger partial charge >= 0.3 is 0 Å². The molecule has 1 N–H and O–H groups in total. The van der Waals surface area contributed by atoms with Gasteiger partial charge in [-0.25, -0.2) is 0 Å². The number of nitrogens with one attached hydrogen (secondary N) is 1. The van der Waals surface area contributed by atoms with Crippen LogP contribution in [0.25, 0.3) is 17.4 Å². The summed E-state index contributed by atoms with van der Waals surface area (Å²) in [7, 11) is 0. The van der Waals surface area contributed by atoms with Crippen molar-refractivity contribution in [3.63, 3.8) is 0 Å². The first-order valence-electron chi connectivity index (χ1n) is 7.28. The van der Waals surface area contributed by atoms with Gasteiger partial charge in [-0.3, -0.25) is 14.9 Å². The van der Waals surface area contributed by atoms with Crippen LogP contribution in [0.4, 0.5) is 5.69 Å². The van der Waals surface area contributed by atoms with E-state index in [0.717, 1.165) is 0 Å². The van der Waals surface area contributed by atoms with E-state index < -0.39 is 10.8 Å². The number of carbonyl (C=O) groups excluding carboxylic acids is 1. The molecule has 0 aliphatic heterocycles. The molecule has 0 unspecified atom stereocenters. The molecular weight excluding hydrogens is 346 g/mol. The predicted octanol–water partition coefficient (Wildman–Crippen LogP) is 3.94. The van der Waals surface area contributed by atoms with Crippen molar-refractivity contribution < 1.29 is 14.1 Å². The molecule has 0 atom stereocenters. The molecule has 8 heteroatoms. The number of rotatable bonds is 5. The van der Waals surface area contributed by atoms with Gasteiger partial charge in [-0.1, -0.05) is 11.6 Å². The fourth-order valence-electron chi connectivity index (χ4n) is 2.02. The van der Waals surface area contributed by atoms with E-state index in [1.54, 1.807) is 26.0 Å². The quantitative estimate of drug-likeness (QED) is 0.376. The maximum atomic E-state index is 11.9. The Morgan fingerprint density at radius 3 is 2.72 bits per heavy atom. The van der Waals surface area contributed by atoms with Gasteiger partial charge in [0.15, 0.2) is 0 Å². The highest BCUT2D eigenvalue weighted by molar-refractivity contribution is 6.33. The maximum Gasteiger partial charge on any atom is 0.270 e. The highest BCUT2D eigenvalue weighted by atomic mass is 35.5. The number of amides is 1. The van der Waals surface area contributed by atoms with Crippen LogP contribution in [0.5, 0.6) is 0 Å². The Morgan fingerprint density at radius 1 is 1.40 bits per heavy atom. The number of nitriles is 1. The van der Waals surface area contributed by atoms with Crippen molar-refractivity contribution in [3.8, 4) is 17.4 Å². The number of furan rings is 1. The van der Waals surface area contributed by atoms with Crippen molar-refractivity contribution in [3.05, 3.63) is 56.8 Å².